The minimum Gasteiger partial charge on any atom is -0.383 e. The van der Waals surface area contributed by atoms with E-state index in [4.69, 9.17) is 9.47 Å². The van der Waals surface area contributed by atoms with E-state index in [0.717, 1.165) is 5.69 Å². The lowest BCUT2D eigenvalue weighted by molar-refractivity contribution is -0.677. The molecule has 1 aromatic rings. The van der Waals surface area contributed by atoms with Gasteiger partial charge in [-0.05, 0) is 6.92 Å². The largest absolute Gasteiger partial charge is 0.402 e. The summed E-state index contributed by atoms with van der Waals surface area (Å²) in [6.45, 7) is 3.66. The second-order valence-electron chi connectivity index (χ2n) is 5.82. The van der Waals surface area contributed by atoms with Gasteiger partial charge >= 0.3 is 12.0 Å². The number of nitrogens with zero attached hydrogens (tertiary/aromatic N) is 5. The van der Waals surface area contributed by atoms with Crippen molar-refractivity contribution in [2.45, 2.75) is 19.5 Å². The Morgan fingerprint density at radius 3 is 2.54 bits per heavy atom. The van der Waals surface area contributed by atoms with Crippen LogP contribution in [0.5, 0.6) is 0 Å². The normalized spacial score (nSPS) is 19.7. The van der Waals surface area contributed by atoms with Gasteiger partial charge in [0.15, 0.2) is 0 Å². The Balaban J connectivity index is 1.99. The lowest BCUT2D eigenvalue weighted by atomic mass is 10.1. The van der Waals surface area contributed by atoms with Crippen LogP contribution in [0.2, 0.25) is 0 Å². The first kappa shape index (κ1) is 16.6. The third-order valence-electron chi connectivity index (χ3n) is 4.36. The summed E-state index contributed by atoms with van der Waals surface area (Å²) in [6.07, 6.45) is 1.89. The Kier molecular flexibility index (Phi) is 4.37. The molecule has 0 spiro atoms. The highest BCUT2D eigenvalue weighted by Crippen LogP contribution is 2.28. The molecule has 130 valence electrons. The molecule has 0 N–H and O–H groups in total. The van der Waals surface area contributed by atoms with Gasteiger partial charge in [-0.3, -0.25) is 14.6 Å². The molecule has 1 fully saturated rings. The van der Waals surface area contributed by atoms with Crippen molar-refractivity contribution in [3.63, 3.8) is 0 Å². The molecular formula is C15H22N5O4+. The number of methoxy groups -OCH3 is 2. The number of rotatable bonds is 6. The van der Waals surface area contributed by atoms with Crippen LogP contribution in [0.1, 0.15) is 11.7 Å². The molecule has 1 saturated heterocycles. The van der Waals surface area contributed by atoms with Crippen molar-refractivity contribution in [2.75, 3.05) is 41.0 Å². The average molecular weight is 336 g/mol. The molecule has 3 heterocycles. The molecule has 0 aromatic carbocycles. The molecule has 9 nitrogen and oxygen atoms in total. The van der Waals surface area contributed by atoms with Crippen molar-refractivity contribution < 1.29 is 23.6 Å². The summed E-state index contributed by atoms with van der Waals surface area (Å²) in [6, 6.07) is -0.986. The van der Waals surface area contributed by atoms with Gasteiger partial charge in [0.1, 0.15) is 11.9 Å². The molecule has 2 aliphatic heterocycles. The first-order valence-electron chi connectivity index (χ1n) is 7.78. The van der Waals surface area contributed by atoms with Gasteiger partial charge in [-0.15, -0.1) is 0 Å². The van der Waals surface area contributed by atoms with Crippen molar-refractivity contribution in [1.29, 1.82) is 0 Å². The molecule has 1 unspecified atom stereocenters. The molecule has 0 aliphatic carbocycles. The fourth-order valence-electron chi connectivity index (χ4n) is 3.08. The monoisotopic (exact) mass is 336 g/mol. The SMILES string of the molecule is COCCN1C(=O)C2C(=Nc3n(CCOC)c(C)c[n+]32)N(C)C1=O. The van der Waals surface area contributed by atoms with E-state index in [1.165, 1.54) is 16.9 Å². The highest BCUT2D eigenvalue weighted by atomic mass is 16.5. The molecule has 1 atom stereocenters. The Morgan fingerprint density at radius 1 is 1.21 bits per heavy atom. The van der Waals surface area contributed by atoms with E-state index in [9.17, 15) is 9.59 Å². The number of ether oxygens (including phenoxy) is 2. The second-order valence-corrected chi connectivity index (χ2v) is 5.82. The number of likely N-dealkylation sites (N-methyl/N-ethyl adjacent to an activating group) is 1. The van der Waals surface area contributed by atoms with E-state index < -0.39 is 6.04 Å². The van der Waals surface area contributed by atoms with Crippen LogP contribution in [0.4, 0.5) is 10.7 Å². The van der Waals surface area contributed by atoms with Gasteiger partial charge in [-0.25, -0.2) is 13.9 Å². The smallest absolute Gasteiger partial charge is 0.383 e. The summed E-state index contributed by atoms with van der Waals surface area (Å²) < 4.78 is 14.0. The Labute approximate surface area is 140 Å². The number of aliphatic imine (C=N–C) groups is 1. The van der Waals surface area contributed by atoms with Crippen molar-refractivity contribution in [1.82, 2.24) is 14.4 Å². The van der Waals surface area contributed by atoms with Gasteiger partial charge in [-0.1, -0.05) is 4.99 Å². The lowest BCUT2D eigenvalue weighted by Crippen LogP contribution is -2.63. The van der Waals surface area contributed by atoms with E-state index in [1.54, 1.807) is 14.2 Å². The van der Waals surface area contributed by atoms with Crippen LogP contribution >= 0.6 is 0 Å². The number of urea groups is 1. The van der Waals surface area contributed by atoms with Crippen molar-refractivity contribution in [3.05, 3.63) is 11.9 Å². The van der Waals surface area contributed by atoms with Crippen molar-refractivity contribution >= 4 is 23.7 Å². The van der Waals surface area contributed by atoms with E-state index in [2.05, 4.69) is 4.99 Å². The lowest BCUT2D eigenvalue weighted by Gasteiger charge is -2.32. The number of aryl methyl sites for hydroxylation is 1. The summed E-state index contributed by atoms with van der Waals surface area (Å²) in [5.74, 6) is 0.840. The maximum atomic E-state index is 12.9. The van der Waals surface area contributed by atoms with Crippen LogP contribution < -0.4 is 4.57 Å². The average Bonchev–Trinajstić information content (AvgIpc) is 3.06. The van der Waals surface area contributed by atoms with Gasteiger partial charge in [0.2, 0.25) is 11.9 Å². The number of carbonyl (C=O) groups is 2. The number of aromatic nitrogens is 2. The molecule has 24 heavy (non-hydrogen) atoms. The Hall–Kier alpha value is -2.26. The molecule has 0 bridgehead atoms. The molecule has 3 amide bonds. The highest BCUT2D eigenvalue weighted by molar-refractivity contribution is 6.19. The third-order valence-corrected chi connectivity index (χ3v) is 4.36. The first-order valence-corrected chi connectivity index (χ1v) is 7.78. The number of amidine groups is 1. The molecule has 0 saturated carbocycles. The molecule has 0 radical (unpaired) electrons. The summed E-state index contributed by atoms with van der Waals surface area (Å²) in [5.41, 5.74) is 0.987. The van der Waals surface area contributed by atoms with Gasteiger partial charge in [-0.2, -0.15) is 0 Å². The van der Waals surface area contributed by atoms with E-state index >= 15 is 0 Å². The van der Waals surface area contributed by atoms with Crippen LogP contribution in [0.3, 0.4) is 0 Å². The van der Waals surface area contributed by atoms with Crippen LogP contribution in [-0.2, 0) is 20.8 Å². The topological polar surface area (TPSA) is 80.2 Å². The minimum atomic E-state index is -0.609. The third kappa shape index (κ3) is 2.40. The summed E-state index contributed by atoms with van der Waals surface area (Å²) in [5, 5.41) is 0. The summed E-state index contributed by atoms with van der Waals surface area (Å²) in [4.78, 5) is 32.5. The van der Waals surface area contributed by atoms with Crippen LogP contribution in [0.15, 0.2) is 11.2 Å². The number of fused-ring (bicyclic) bond motifs is 3. The first-order chi connectivity index (χ1) is 11.5. The predicted octanol–water partition coefficient (Wildman–Crippen LogP) is -0.144. The molecule has 2 aliphatic rings. The Bertz CT molecular complexity index is 711. The highest BCUT2D eigenvalue weighted by Gasteiger charge is 2.52. The van der Waals surface area contributed by atoms with Gasteiger partial charge < -0.3 is 9.47 Å². The molecule has 9 heteroatoms. The Morgan fingerprint density at radius 2 is 1.88 bits per heavy atom. The zero-order chi connectivity index (χ0) is 17.4. The molecule has 1 aromatic heterocycles. The summed E-state index contributed by atoms with van der Waals surface area (Å²) >= 11 is 0. The number of hydrogen-bond acceptors (Lipinski definition) is 5. The number of amides is 3. The van der Waals surface area contributed by atoms with Crippen LogP contribution in [0, 0.1) is 6.92 Å². The second kappa shape index (κ2) is 6.33. The van der Waals surface area contributed by atoms with E-state index in [1.807, 2.05) is 22.3 Å². The standard InChI is InChI=1S/C15H22N5O4/c1-10-9-20-11-12(16-14(20)18(10)5-7-23-3)17(2)15(22)19(13(11)21)6-8-24-4/h9,11H,5-8H2,1-4H3/q+1. The van der Waals surface area contributed by atoms with E-state index in [-0.39, 0.29) is 18.5 Å². The fraction of sp³-hybridized carbons (Fsp3) is 0.600. The van der Waals surface area contributed by atoms with Gasteiger partial charge in [0.05, 0.1) is 26.3 Å². The van der Waals surface area contributed by atoms with Gasteiger partial charge in [0, 0.05) is 21.3 Å². The zero-order valence-corrected chi connectivity index (χ0v) is 14.4. The number of hydrogen-bond donors (Lipinski definition) is 0. The van der Waals surface area contributed by atoms with Crippen LogP contribution in [-0.4, -0.2) is 73.2 Å². The minimum absolute atomic E-state index is 0.224. The molecular weight excluding hydrogens is 314 g/mol. The van der Waals surface area contributed by atoms with E-state index in [0.29, 0.717) is 31.5 Å². The number of carbonyl (C=O) groups excluding carboxylic acids is 2. The maximum Gasteiger partial charge on any atom is 0.402 e. The van der Waals surface area contributed by atoms with Crippen molar-refractivity contribution in [3.8, 4) is 0 Å². The number of imide groups is 1. The molecule has 3 rings (SSSR count). The fourth-order valence-corrected chi connectivity index (χ4v) is 3.08. The summed E-state index contributed by atoms with van der Waals surface area (Å²) in [7, 11) is 4.82. The predicted molar refractivity (Wildman–Crippen MR) is 84.1 cm³/mol. The quantitative estimate of drug-likeness (QED) is 0.677. The van der Waals surface area contributed by atoms with Crippen molar-refractivity contribution in [2.24, 2.45) is 4.99 Å². The maximum absolute atomic E-state index is 12.9. The number of imidazole rings is 1. The van der Waals surface area contributed by atoms with Crippen LogP contribution in [0.25, 0.3) is 0 Å². The zero-order valence-electron chi connectivity index (χ0n) is 14.4. The van der Waals surface area contributed by atoms with Gasteiger partial charge in [0.25, 0.3) is 5.91 Å².